The number of nitrogens with zero attached hydrogens (tertiary/aromatic N) is 1. The van der Waals surface area contributed by atoms with Crippen LogP contribution in [-0.4, -0.2) is 16.9 Å². The van der Waals surface area contributed by atoms with Crippen LogP contribution in [0.3, 0.4) is 0 Å². The van der Waals surface area contributed by atoms with Crippen molar-refractivity contribution in [1.29, 1.82) is 0 Å². The Morgan fingerprint density at radius 1 is 1.55 bits per heavy atom. The fourth-order valence-electron chi connectivity index (χ4n) is 1.96. The number of rotatable bonds is 4. The fourth-order valence-corrected chi connectivity index (χ4v) is 1.96. The molecule has 4 N–H and O–H groups in total. The highest BCUT2D eigenvalue weighted by Crippen LogP contribution is 2.44. The summed E-state index contributed by atoms with van der Waals surface area (Å²) in [5.74, 6) is 3.62. The molecule has 0 radical (unpaired) electrons. The van der Waals surface area contributed by atoms with Gasteiger partial charge in [-0.15, -0.1) is 0 Å². The average Bonchev–Trinajstić information content (AvgIpc) is 2.95. The molecular weight excluding hydrogens is 267 g/mol. The zero-order chi connectivity index (χ0) is 15.1. The topological polar surface area (TPSA) is 110 Å². The molecule has 0 spiro atoms. The molecule has 1 fully saturated rings. The molecule has 108 valence electrons. The zero-order valence-corrected chi connectivity index (χ0v) is 11.1. The van der Waals surface area contributed by atoms with Crippen LogP contribution in [0.1, 0.15) is 30.6 Å². The SMILES string of the molecule is CC1(C)CC1NC(=O)c1cc(NN)c(F)cc1[N+](=O)[O-]. The second kappa shape index (κ2) is 4.71. The lowest BCUT2D eigenvalue weighted by molar-refractivity contribution is -0.385. The lowest BCUT2D eigenvalue weighted by atomic mass is 10.1. The van der Waals surface area contributed by atoms with Crippen LogP contribution in [-0.2, 0) is 0 Å². The molecule has 0 bridgehead atoms. The fraction of sp³-hybridized carbons (Fsp3) is 0.417. The van der Waals surface area contributed by atoms with E-state index in [9.17, 15) is 19.3 Å². The van der Waals surface area contributed by atoms with Crippen LogP contribution in [0.4, 0.5) is 15.8 Å². The third-order valence-electron chi connectivity index (χ3n) is 3.50. The number of hydrazine groups is 1. The first kappa shape index (κ1) is 14.2. The maximum Gasteiger partial charge on any atom is 0.285 e. The van der Waals surface area contributed by atoms with Gasteiger partial charge in [0.15, 0.2) is 5.82 Å². The lowest BCUT2D eigenvalue weighted by Gasteiger charge is -2.09. The number of anilines is 1. The van der Waals surface area contributed by atoms with E-state index in [4.69, 9.17) is 5.84 Å². The van der Waals surface area contributed by atoms with Crippen molar-refractivity contribution in [2.75, 3.05) is 5.43 Å². The summed E-state index contributed by atoms with van der Waals surface area (Å²) in [5.41, 5.74) is 1.08. The van der Waals surface area contributed by atoms with E-state index < -0.39 is 22.3 Å². The Hall–Kier alpha value is -2.22. The zero-order valence-electron chi connectivity index (χ0n) is 11.1. The predicted molar refractivity (Wildman–Crippen MR) is 70.5 cm³/mol. The summed E-state index contributed by atoms with van der Waals surface area (Å²) in [7, 11) is 0. The van der Waals surface area contributed by atoms with Gasteiger partial charge in [0.2, 0.25) is 0 Å². The molecule has 0 saturated heterocycles. The number of carbonyl (C=O) groups excluding carboxylic acids is 1. The minimum atomic E-state index is -0.887. The molecule has 1 saturated carbocycles. The highest BCUT2D eigenvalue weighted by molar-refractivity contribution is 5.99. The highest BCUT2D eigenvalue weighted by atomic mass is 19.1. The van der Waals surface area contributed by atoms with Crippen LogP contribution < -0.4 is 16.6 Å². The van der Waals surface area contributed by atoms with Crippen molar-refractivity contribution >= 4 is 17.3 Å². The van der Waals surface area contributed by atoms with E-state index in [2.05, 4.69) is 10.7 Å². The minimum absolute atomic E-state index is 0.0145. The van der Waals surface area contributed by atoms with Crippen molar-refractivity contribution in [3.8, 4) is 0 Å². The summed E-state index contributed by atoms with van der Waals surface area (Å²) in [5, 5.41) is 13.6. The normalized spacial score (nSPS) is 19.3. The Morgan fingerprint density at radius 2 is 2.15 bits per heavy atom. The van der Waals surface area contributed by atoms with Crippen molar-refractivity contribution in [1.82, 2.24) is 5.32 Å². The minimum Gasteiger partial charge on any atom is -0.349 e. The first-order valence-corrected chi connectivity index (χ1v) is 6.01. The van der Waals surface area contributed by atoms with Crippen LogP contribution in [0.25, 0.3) is 0 Å². The number of carbonyl (C=O) groups is 1. The van der Waals surface area contributed by atoms with Crippen molar-refractivity contribution < 1.29 is 14.1 Å². The van der Waals surface area contributed by atoms with Crippen molar-refractivity contribution in [3.05, 3.63) is 33.6 Å². The van der Waals surface area contributed by atoms with Crippen molar-refractivity contribution in [2.24, 2.45) is 11.3 Å². The highest BCUT2D eigenvalue weighted by Gasteiger charge is 2.47. The van der Waals surface area contributed by atoms with Gasteiger partial charge in [-0.3, -0.25) is 20.8 Å². The quantitative estimate of drug-likeness (QED) is 0.441. The maximum absolute atomic E-state index is 13.5. The molecule has 2 rings (SSSR count). The van der Waals surface area contributed by atoms with E-state index in [1.165, 1.54) is 0 Å². The smallest absolute Gasteiger partial charge is 0.285 e. The number of halogens is 1. The number of nitrogens with two attached hydrogens (primary N) is 1. The number of nitrogen functional groups attached to an aromatic ring is 1. The van der Waals surface area contributed by atoms with E-state index >= 15 is 0 Å². The van der Waals surface area contributed by atoms with Gasteiger partial charge < -0.3 is 10.7 Å². The first-order chi connectivity index (χ1) is 9.26. The molecule has 1 unspecified atom stereocenters. The summed E-state index contributed by atoms with van der Waals surface area (Å²) >= 11 is 0. The Labute approximate surface area is 114 Å². The van der Waals surface area contributed by atoms with Gasteiger partial charge in [0.25, 0.3) is 11.6 Å². The molecule has 1 aliphatic carbocycles. The van der Waals surface area contributed by atoms with Crippen molar-refractivity contribution in [2.45, 2.75) is 26.3 Å². The monoisotopic (exact) mass is 282 g/mol. The molecule has 1 aromatic carbocycles. The van der Waals surface area contributed by atoms with Crippen LogP contribution in [0.15, 0.2) is 12.1 Å². The Kier molecular flexibility index (Phi) is 3.34. The van der Waals surface area contributed by atoms with Crippen LogP contribution >= 0.6 is 0 Å². The molecular formula is C12H15FN4O3. The average molecular weight is 282 g/mol. The third kappa shape index (κ3) is 2.55. The summed E-state index contributed by atoms with van der Waals surface area (Å²) in [6, 6.07) is 1.69. The standard InChI is InChI=1S/C12H15FN4O3/c1-12(2)5-10(12)15-11(18)6-3-8(16-14)7(13)4-9(6)17(19)20/h3-4,10,16H,5,14H2,1-2H3,(H,15,18). The Morgan fingerprint density at radius 3 is 2.60 bits per heavy atom. The summed E-state index contributed by atoms with van der Waals surface area (Å²) in [6.45, 7) is 3.95. The lowest BCUT2D eigenvalue weighted by Crippen LogP contribution is -2.29. The molecule has 0 aromatic heterocycles. The largest absolute Gasteiger partial charge is 0.349 e. The number of nitrogens with one attached hydrogen (secondary N) is 2. The molecule has 1 aromatic rings. The van der Waals surface area contributed by atoms with Gasteiger partial charge in [-0.25, -0.2) is 4.39 Å². The summed E-state index contributed by atoms with van der Waals surface area (Å²) in [6.07, 6.45) is 0.801. The predicted octanol–water partition coefficient (Wildman–Crippen LogP) is 1.55. The molecule has 0 heterocycles. The second-order valence-electron chi connectivity index (χ2n) is 5.47. The summed E-state index contributed by atoms with van der Waals surface area (Å²) in [4.78, 5) is 22.2. The van der Waals surface area contributed by atoms with Crippen LogP contribution in [0.2, 0.25) is 0 Å². The second-order valence-corrected chi connectivity index (χ2v) is 5.47. The third-order valence-corrected chi connectivity index (χ3v) is 3.50. The van der Waals surface area contributed by atoms with Crippen molar-refractivity contribution in [3.63, 3.8) is 0 Å². The molecule has 1 amide bonds. The number of hydrogen-bond donors (Lipinski definition) is 3. The Balaban J connectivity index is 2.33. The van der Waals surface area contributed by atoms with E-state index in [1.54, 1.807) is 0 Å². The van der Waals surface area contributed by atoms with Gasteiger partial charge in [0.05, 0.1) is 16.7 Å². The van der Waals surface area contributed by atoms with Gasteiger partial charge in [0, 0.05) is 6.04 Å². The number of benzene rings is 1. The van der Waals surface area contributed by atoms with Gasteiger partial charge in [-0.05, 0) is 17.9 Å². The number of nitro benzene ring substituents is 1. The molecule has 7 nitrogen and oxygen atoms in total. The van der Waals surface area contributed by atoms with E-state index in [0.717, 1.165) is 12.5 Å². The molecule has 20 heavy (non-hydrogen) atoms. The number of amides is 1. The van der Waals surface area contributed by atoms with Gasteiger partial charge in [0.1, 0.15) is 5.56 Å². The van der Waals surface area contributed by atoms with E-state index in [-0.39, 0.29) is 22.7 Å². The van der Waals surface area contributed by atoms with E-state index in [0.29, 0.717) is 6.07 Å². The van der Waals surface area contributed by atoms with Crippen LogP contribution in [0, 0.1) is 21.3 Å². The van der Waals surface area contributed by atoms with Gasteiger partial charge in [-0.2, -0.15) is 0 Å². The number of hydrogen-bond acceptors (Lipinski definition) is 5. The van der Waals surface area contributed by atoms with Gasteiger partial charge >= 0.3 is 0 Å². The maximum atomic E-state index is 13.5. The van der Waals surface area contributed by atoms with E-state index in [1.807, 2.05) is 13.8 Å². The summed E-state index contributed by atoms with van der Waals surface area (Å²) < 4.78 is 13.5. The number of nitro groups is 1. The van der Waals surface area contributed by atoms with Gasteiger partial charge in [-0.1, -0.05) is 13.8 Å². The molecule has 1 atom stereocenters. The molecule has 8 heteroatoms. The molecule has 0 aliphatic heterocycles. The Bertz CT molecular complexity index is 588. The first-order valence-electron chi connectivity index (χ1n) is 6.01. The van der Waals surface area contributed by atoms with Crippen LogP contribution in [0.5, 0.6) is 0 Å². The molecule has 1 aliphatic rings.